The Balaban J connectivity index is 1.77. The highest BCUT2D eigenvalue weighted by Crippen LogP contribution is 2.37. The zero-order chi connectivity index (χ0) is 18.3. The van der Waals surface area contributed by atoms with Crippen LogP contribution in [0.5, 0.6) is 0 Å². The monoisotopic (exact) mass is 387 g/mol. The summed E-state index contributed by atoms with van der Waals surface area (Å²) in [5.41, 5.74) is 1.97. The Hall–Kier alpha value is -2.63. The lowest BCUT2D eigenvalue weighted by Gasteiger charge is -2.26. The average Bonchev–Trinajstić information content (AvgIpc) is 2.92. The van der Waals surface area contributed by atoms with Crippen LogP contribution < -0.4 is 10.2 Å². The number of nitrogens with zero attached hydrogens (tertiary/aromatic N) is 2. The van der Waals surface area contributed by atoms with Crippen LogP contribution in [0, 0.1) is 5.82 Å². The number of nitrogens with one attached hydrogen (secondary N) is 1. The molecule has 0 radical (unpaired) electrons. The van der Waals surface area contributed by atoms with E-state index in [2.05, 4.69) is 10.3 Å². The molecular formula is C19H12Cl2FN3O. The highest BCUT2D eigenvalue weighted by atomic mass is 35.5. The summed E-state index contributed by atoms with van der Waals surface area (Å²) in [5.74, 6) is -0.223. The zero-order valence-electron chi connectivity index (χ0n) is 13.3. The molecular weight excluding hydrogens is 376 g/mol. The summed E-state index contributed by atoms with van der Waals surface area (Å²) in [6.07, 6.45) is 0.979. The summed E-state index contributed by atoms with van der Waals surface area (Å²) < 4.78 is 13.4. The minimum atomic E-state index is -0.506. The number of anilines is 2. The van der Waals surface area contributed by atoms with Crippen LogP contribution in [0.15, 0.2) is 60.8 Å². The van der Waals surface area contributed by atoms with Crippen molar-refractivity contribution in [3.63, 3.8) is 0 Å². The Morgan fingerprint density at radius 2 is 1.88 bits per heavy atom. The minimum absolute atomic E-state index is 0.00350. The molecule has 0 bridgehead atoms. The quantitative estimate of drug-likeness (QED) is 0.663. The smallest absolute Gasteiger partial charge is 0.261 e. The van der Waals surface area contributed by atoms with Crippen molar-refractivity contribution in [1.29, 1.82) is 0 Å². The van der Waals surface area contributed by atoms with Gasteiger partial charge in [0.15, 0.2) is 0 Å². The van der Waals surface area contributed by atoms with Gasteiger partial charge in [-0.05, 0) is 36.4 Å². The van der Waals surface area contributed by atoms with Gasteiger partial charge in [-0.2, -0.15) is 0 Å². The first-order valence-electron chi connectivity index (χ1n) is 7.80. The lowest BCUT2D eigenvalue weighted by molar-refractivity contribution is 0.0992. The SMILES string of the molecule is O=C1c2ccccc2[C@H](Nc2ccc(F)c(Cl)c2)N1c1ccc(Cl)cn1. The second kappa shape index (κ2) is 6.59. The van der Waals surface area contributed by atoms with Gasteiger partial charge in [0.25, 0.3) is 5.91 Å². The Morgan fingerprint density at radius 1 is 1.08 bits per heavy atom. The number of hydrogen-bond donors (Lipinski definition) is 1. The average molecular weight is 388 g/mol. The predicted molar refractivity (Wildman–Crippen MR) is 100 cm³/mol. The van der Waals surface area contributed by atoms with E-state index in [1.165, 1.54) is 23.2 Å². The minimum Gasteiger partial charge on any atom is -0.361 e. The zero-order valence-corrected chi connectivity index (χ0v) is 14.8. The van der Waals surface area contributed by atoms with E-state index in [0.717, 1.165) is 5.56 Å². The van der Waals surface area contributed by atoms with Crippen LogP contribution in [0.4, 0.5) is 15.9 Å². The third-order valence-corrected chi connectivity index (χ3v) is 4.66. The molecule has 3 aromatic rings. The van der Waals surface area contributed by atoms with Crippen LogP contribution in [0.1, 0.15) is 22.1 Å². The molecule has 1 aliphatic heterocycles. The van der Waals surface area contributed by atoms with Crippen molar-refractivity contribution in [3.8, 4) is 0 Å². The van der Waals surface area contributed by atoms with E-state index in [1.54, 1.807) is 30.3 Å². The summed E-state index contributed by atoms with van der Waals surface area (Å²) in [7, 11) is 0. The highest BCUT2D eigenvalue weighted by molar-refractivity contribution is 6.31. The lowest BCUT2D eigenvalue weighted by atomic mass is 10.1. The van der Waals surface area contributed by atoms with Gasteiger partial charge in [-0.25, -0.2) is 9.37 Å². The van der Waals surface area contributed by atoms with E-state index in [0.29, 0.717) is 22.1 Å². The van der Waals surface area contributed by atoms with Crippen molar-refractivity contribution in [2.45, 2.75) is 6.17 Å². The Morgan fingerprint density at radius 3 is 2.62 bits per heavy atom. The molecule has 1 N–H and O–H groups in total. The molecule has 0 aliphatic carbocycles. The maximum absolute atomic E-state index is 13.4. The number of hydrogen-bond acceptors (Lipinski definition) is 3. The normalized spacial score (nSPS) is 15.9. The van der Waals surface area contributed by atoms with Gasteiger partial charge in [0, 0.05) is 23.0 Å². The van der Waals surface area contributed by atoms with E-state index in [-0.39, 0.29) is 10.9 Å². The molecule has 1 aliphatic rings. The number of pyridine rings is 1. The predicted octanol–water partition coefficient (Wildman–Crippen LogP) is 5.30. The van der Waals surface area contributed by atoms with Crippen molar-refractivity contribution >= 4 is 40.6 Å². The van der Waals surface area contributed by atoms with E-state index in [1.807, 2.05) is 12.1 Å². The number of benzene rings is 2. The van der Waals surface area contributed by atoms with Gasteiger partial charge in [0.1, 0.15) is 17.8 Å². The first-order valence-corrected chi connectivity index (χ1v) is 8.56. The van der Waals surface area contributed by atoms with Crippen LogP contribution in [0.2, 0.25) is 10.0 Å². The van der Waals surface area contributed by atoms with Crippen molar-refractivity contribution in [3.05, 3.63) is 87.8 Å². The molecule has 0 spiro atoms. The number of aromatic nitrogens is 1. The van der Waals surface area contributed by atoms with Crippen LogP contribution >= 0.6 is 23.2 Å². The second-order valence-electron chi connectivity index (χ2n) is 5.77. The van der Waals surface area contributed by atoms with E-state index in [9.17, 15) is 9.18 Å². The molecule has 1 atom stereocenters. The lowest BCUT2D eigenvalue weighted by Crippen LogP contribution is -2.32. The molecule has 2 heterocycles. The Labute approximate surface area is 159 Å². The Kier molecular flexibility index (Phi) is 4.26. The maximum atomic E-state index is 13.4. The van der Waals surface area contributed by atoms with Gasteiger partial charge >= 0.3 is 0 Å². The fourth-order valence-electron chi connectivity index (χ4n) is 2.95. The second-order valence-corrected chi connectivity index (χ2v) is 6.62. The summed E-state index contributed by atoms with van der Waals surface area (Å²) in [6.45, 7) is 0. The van der Waals surface area contributed by atoms with Crippen molar-refractivity contribution < 1.29 is 9.18 Å². The van der Waals surface area contributed by atoms with Crippen molar-refractivity contribution in [2.24, 2.45) is 0 Å². The summed E-state index contributed by atoms with van der Waals surface area (Å²) >= 11 is 11.8. The van der Waals surface area contributed by atoms with Crippen LogP contribution in [0.25, 0.3) is 0 Å². The van der Waals surface area contributed by atoms with Crippen molar-refractivity contribution in [1.82, 2.24) is 4.98 Å². The third kappa shape index (κ3) is 2.89. The van der Waals surface area contributed by atoms with Gasteiger partial charge in [-0.3, -0.25) is 9.69 Å². The highest BCUT2D eigenvalue weighted by Gasteiger charge is 2.38. The molecule has 4 nitrogen and oxygen atoms in total. The summed E-state index contributed by atoms with van der Waals surface area (Å²) in [4.78, 5) is 18.7. The molecule has 7 heteroatoms. The molecule has 1 aromatic heterocycles. The Bertz CT molecular complexity index is 994. The molecule has 26 heavy (non-hydrogen) atoms. The molecule has 0 fully saturated rings. The molecule has 130 valence electrons. The number of rotatable bonds is 3. The third-order valence-electron chi connectivity index (χ3n) is 4.14. The van der Waals surface area contributed by atoms with Gasteiger partial charge in [0.05, 0.1) is 10.0 Å². The van der Waals surface area contributed by atoms with Gasteiger partial charge < -0.3 is 5.32 Å². The first-order chi connectivity index (χ1) is 12.5. The van der Waals surface area contributed by atoms with Crippen LogP contribution in [-0.4, -0.2) is 10.9 Å². The van der Waals surface area contributed by atoms with Crippen LogP contribution in [-0.2, 0) is 0 Å². The molecule has 2 aromatic carbocycles. The summed E-state index contributed by atoms with van der Waals surface area (Å²) in [6, 6.07) is 15.0. The summed E-state index contributed by atoms with van der Waals surface area (Å²) in [5, 5.41) is 3.72. The number of carbonyl (C=O) groups is 1. The number of halogens is 3. The van der Waals surface area contributed by atoms with Crippen LogP contribution in [0.3, 0.4) is 0 Å². The fraction of sp³-hybridized carbons (Fsp3) is 0.0526. The molecule has 1 amide bonds. The number of fused-ring (bicyclic) bond motifs is 1. The number of amides is 1. The fourth-order valence-corrected chi connectivity index (χ4v) is 3.24. The standard InChI is InChI=1S/C19H12Cl2FN3O/c20-11-5-8-17(23-10-11)25-18(13-3-1-2-4-14(13)19(25)26)24-12-6-7-16(22)15(21)9-12/h1-10,18,24H/t18-/m1/s1. The van der Waals surface area contributed by atoms with E-state index in [4.69, 9.17) is 23.2 Å². The molecule has 0 saturated carbocycles. The molecule has 0 unspecified atom stereocenters. The van der Waals surface area contributed by atoms with Gasteiger partial charge in [0.2, 0.25) is 0 Å². The largest absolute Gasteiger partial charge is 0.361 e. The molecule has 4 rings (SSSR count). The van der Waals surface area contributed by atoms with Gasteiger partial charge in [-0.15, -0.1) is 0 Å². The molecule has 0 saturated heterocycles. The topological polar surface area (TPSA) is 45.2 Å². The maximum Gasteiger partial charge on any atom is 0.261 e. The van der Waals surface area contributed by atoms with E-state index >= 15 is 0 Å². The van der Waals surface area contributed by atoms with Crippen molar-refractivity contribution in [2.75, 3.05) is 10.2 Å². The van der Waals surface area contributed by atoms with Gasteiger partial charge in [-0.1, -0.05) is 41.4 Å². The first kappa shape index (κ1) is 16.8. The van der Waals surface area contributed by atoms with E-state index < -0.39 is 12.0 Å². The number of carbonyl (C=O) groups excluding carboxylic acids is 1.